The summed E-state index contributed by atoms with van der Waals surface area (Å²) in [5.41, 5.74) is 1.43. The molecule has 0 aliphatic carbocycles. The van der Waals surface area contributed by atoms with Gasteiger partial charge in [0.25, 0.3) is 0 Å². The van der Waals surface area contributed by atoms with Crippen LogP contribution < -0.4 is 10.6 Å². The van der Waals surface area contributed by atoms with Crippen LogP contribution >= 0.6 is 12.2 Å². The van der Waals surface area contributed by atoms with Gasteiger partial charge >= 0.3 is 0 Å². The fourth-order valence-corrected chi connectivity index (χ4v) is 2.14. The van der Waals surface area contributed by atoms with Gasteiger partial charge in [0.05, 0.1) is 12.2 Å². The molecule has 0 saturated carbocycles. The Bertz CT molecular complexity index is 526. The lowest BCUT2D eigenvalue weighted by atomic mass is 9.99. The summed E-state index contributed by atoms with van der Waals surface area (Å²) in [5, 5.41) is 6.32. The third kappa shape index (κ3) is 2.93. The maximum atomic E-state index is 12.5. The van der Waals surface area contributed by atoms with Crippen molar-refractivity contribution in [1.29, 1.82) is 0 Å². The lowest BCUT2D eigenvalue weighted by molar-refractivity contribution is -0.117. The Morgan fingerprint density at radius 1 is 1.32 bits per heavy atom. The average Bonchev–Trinajstić information content (AvgIpc) is 2.52. The molecule has 1 aromatic carbocycles. The molecular formula is C14H16N2O2S. The Morgan fingerprint density at radius 3 is 2.63 bits per heavy atom. The van der Waals surface area contributed by atoms with Crippen LogP contribution in [0.5, 0.6) is 0 Å². The summed E-state index contributed by atoms with van der Waals surface area (Å²) in [7, 11) is 0. The second-order valence-electron chi connectivity index (χ2n) is 4.19. The molecule has 1 aromatic rings. The van der Waals surface area contributed by atoms with E-state index in [0.29, 0.717) is 23.2 Å². The molecule has 0 radical (unpaired) electrons. The fraction of sp³-hybridized carbons (Fsp3) is 0.286. The first-order valence-electron chi connectivity index (χ1n) is 6.13. The molecule has 0 aromatic heterocycles. The molecule has 1 aliphatic heterocycles. The van der Waals surface area contributed by atoms with Crippen LogP contribution in [0.3, 0.4) is 0 Å². The molecule has 5 heteroatoms. The third-order valence-corrected chi connectivity index (χ3v) is 3.12. The molecule has 0 saturated heterocycles. The monoisotopic (exact) mass is 276 g/mol. The number of ketones is 1. The quantitative estimate of drug-likeness (QED) is 0.827. The minimum absolute atomic E-state index is 0.0398. The van der Waals surface area contributed by atoms with Crippen molar-refractivity contribution in [2.45, 2.75) is 19.9 Å². The predicted octanol–water partition coefficient (Wildman–Crippen LogP) is 2.04. The van der Waals surface area contributed by atoms with E-state index >= 15 is 0 Å². The van der Waals surface area contributed by atoms with Crippen molar-refractivity contribution in [1.82, 2.24) is 10.6 Å². The van der Waals surface area contributed by atoms with Crippen LogP contribution in [0.4, 0.5) is 0 Å². The van der Waals surface area contributed by atoms with E-state index < -0.39 is 6.04 Å². The number of hydrogen-bond acceptors (Lipinski definition) is 3. The Hall–Kier alpha value is -1.88. The van der Waals surface area contributed by atoms with Gasteiger partial charge in [0.15, 0.2) is 16.8 Å². The van der Waals surface area contributed by atoms with Gasteiger partial charge in [-0.2, -0.15) is 0 Å². The summed E-state index contributed by atoms with van der Waals surface area (Å²) in [4.78, 5) is 12.5. The molecule has 1 heterocycles. The van der Waals surface area contributed by atoms with Crippen molar-refractivity contribution < 1.29 is 9.53 Å². The molecule has 0 unspecified atom stereocenters. The molecule has 2 N–H and O–H groups in total. The van der Waals surface area contributed by atoms with Gasteiger partial charge in [-0.25, -0.2) is 0 Å². The van der Waals surface area contributed by atoms with Crippen LogP contribution in [0.25, 0.3) is 0 Å². The van der Waals surface area contributed by atoms with E-state index in [2.05, 4.69) is 10.6 Å². The van der Waals surface area contributed by atoms with Crippen LogP contribution in [0.15, 0.2) is 41.8 Å². The first kappa shape index (κ1) is 13.5. The molecule has 0 fully saturated rings. The second-order valence-corrected chi connectivity index (χ2v) is 4.60. The zero-order valence-electron chi connectivity index (χ0n) is 10.9. The van der Waals surface area contributed by atoms with Crippen LogP contribution in [-0.2, 0) is 9.53 Å². The molecule has 1 atom stereocenters. The van der Waals surface area contributed by atoms with Crippen molar-refractivity contribution in [2.75, 3.05) is 6.61 Å². The molecular weight excluding hydrogens is 260 g/mol. The van der Waals surface area contributed by atoms with E-state index in [1.54, 1.807) is 6.92 Å². The van der Waals surface area contributed by atoms with E-state index in [4.69, 9.17) is 17.0 Å². The van der Waals surface area contributed by atoms with E-state index in [-0.39, 0.29) is 5.78 Å². The highest BCUT2D eigenvalue weighted by Crippen LogP contribution is 2.21. The number of thiocarbonyl (C=S) groups is 1. The van der Waals surface area contributed by atoms with E-state index in [0.717, 1.165) is 5.56 Å². The van der Waals surface area contributed by atoms with Gasteiger partial charge < -0.3 is 15.4 Å². The van der Waals surface area contributed by atoms with Gasteiger partial charge in [-0.05, 0) is 31.6 Å². The standard InChI is InChI=1S/C14H16N2O2S/c1-3-18-13-9(2)12(17)11(15-14(19)16-13)10-7-5-4-6-8-10/h4-8,11H,3H2,1-2H3,(H2,15,16,19)/t11-/m1/s1. The molecule has 19 heavy (non-hydrogen) atoms. The number of ether oxygens (including phenoxy) is 1. The fourth-order valence-electron chi connectivity index (χ4n) is 1.93. The second kappa shape index (κ2) is 5.84. The highest BCUT2D eigenvalue weighted by molar-refractivity contribution is 7.80. The molecule has 0 spiro atoms. The largest absolute Gasteiger partial charge is 0.479 e. The highest BCUT2D eigenvalue weighted by atomic mass is 32.1. The highest BCUT2D eigenvalue weighted by Gasteiger charge is 2.28. The first-order chi connectivity index (χ1) is 9.13. The Labute approximate surface area is 117 Å². The SMILES string of the molecule is CCOC1=C(C)C(=O)[C@@H](c2ccccc2)NC(=S)N1. The summed E-state index contributed by atoms with van der Waals surface area (Å²) >= 11 is 5.18. The normalized spacial score (nSPS) is 19.6. The van der Waals surface area contributed by atoms with Crippen molar-refractivity contribution in [3.8, 4) is 0 Å². The molecule has 1 aliphatic rings. The zero-order valence-corrected chi connectivity index (χ0v) is 11.7. The van der Waals surface area contributed by atoms with Crippen LogP contribution in [0.1, 0.15) is 25.5 Å². The number of rotatable bonds is 3. The summed E-state index contributed by atoms with van der Waals surface area (Å²) in [5.74, 6) is 0.394. The molecule has 0 amide bonds. The maximum absolute atomic E-state index is 12.5. The Kier molecular flexibility index (Phi) is 4.16. The topological polar surface area (TPSA) is 50.4 Å². The number of carbonyl (C=O) groups excluding carboxylic acids is 1. The summed E-state index contributed by atoms with van der Waals surface area (Å²) < 4.78 is 5.42. The summed E-state index contributed by atoms with van der Waals surface area (Å²) in [6.07, 6.45) is 0. The van der Waals surface area contributed by atoms with E-state index in [1.165, 1.54) is 0 Å². The number of benzene rings is 1. The molecule has 100 valence electrons. The van der Waals surface area contributed by atoms with Gasteiger partial charge in [-0.1, -0.05) is 30.3 Å². The summed E-state index contributed by atoms with van der Waals surface area (Å²) in [6.45, 7) is 4.08. The van der Waals surface area contributed by atoms with E-state index in [9.17, 15) is 4.79 Å². The Balaban J connectivity index is 2.37. The van der Waals surface area contributed by atoms with Crippen molar-refractivity contribution in [3.63, 3.8) is 0 Å². The van der Waals surface area contributed by atoms with Crippen molar-refractivity contribution in [3.05, 3.63) is 47.4 Å². The van der Waals surface area contributed by atoms with Gasteiger partial charge in [-0.15, -0.1) is 0 Å². The van der Waals surface area contributed by atoms with Crippen LogP contribution in [0, 0.1) is 0 Å². The Morgan fingerprint density at radius 2 is 2.00 bits per heavy atom. The molecule has 0 bridgehead atoms. The van der Waals surface area contributed by atoms with Crippen LogP contribution in [-0.4, -0.2) is 17.5 Å². The number of Topliss-reactive ketones (excluding diaryl/α,β-unsaturated/α-hetero) is 1. The van der Waals surface area contributed by atoms with Crippen molar-refractivity contribution >= 4 is 23.1 Å². The van der Waals surface area contributed by atoms with E-state index in [1.807, 2.05) is 37.3 Å². The van der Waals surface area contributed by atoms with Crippen LogP contribution in [0.2, 0.25) is 0 Å². The third-order valence-electron chi connectivity index (χ3n) is 2.90. The average molecular weight is 276 g/mol. The van der Waals surface area contributed by atoms with Crippen molar-refractivity contribution in [2.24, 2.45) is 0 Å². The summed E-state index contributed by atoms with van der Waals surface area (Å²) in [6, 6.07) is 9.03. The predicted molar refractivity (Wildman–Crippen MR) is 77.4 cm³/mol. The van der Waals surface area contributed by atoms with Gasteiger partial charge in [0.1, 0.15) is 6.04 Å². The first-order valence-corrected chi connectivity index (χ1v) is 6.54. The minimum atomic E-state index is -0.473. The minimum Gasteiger partial charge on any atom is -0.479 e. The van der Waals surface area contributed by atoms with Gasteiger partial charge in [0, 0.05) is 0 Å². The maximum Gasteiger partial charge on any atom is 0.199 e. The number of nitrogens with one attached hydrogen (secondary N) is 2. The molecule has 2 rings (SSSR count). The zero-order chi connectivity index (χ0) is 13.8. The molecule has 4 nitrogen and oxygen atoms in total. The lowest BCUT2D eigenvalue weighted by Gasteiger charge is -2.16. The van der Waals surface area contributed by atoms with Gasteiger partial charge in [-0.3, -0.25) is 4.79 Å². The number of carbonyl (C=O) groups is 1. The van der Waals surface area contributed by atoms with Gasteiger partial charge in [0.2, 0.25) is 0 Å². The smallest absolute Gasteiger partial charge is 0.199 e. The lowest BCUT2D eigenvalue weighted by Crippen LogP contribution is -2.37. The number of hydrogen-bond donors (Lipinski definition) is 2.